The van der Waals surface area contributed by atoms with E-state index in [0.29, 0.717) is 17.7 Å². The molecule has 1 aromatic heterocycles. The van der Waals surface area contributed by atoms with E-state index >= 15 is 0 Å². The number of nitrogen functional groups attached to an aromatic ring is 1. The zero-order valence-electron chi connectivity index (χ0n) is 9.85. The number of hydrogen-bond acceptors (Lipinski definition) is 4. The Kier molecular flexibility index (Phi) is 3.33. The zero-order valence-corrected chi connectivity index (χ0v) is 9.85. The van der Waals surface area contributed by atoms with Crippen LogP contribution < -0.4 is 10.5 Å². The number of aromatic nitrogens is 2. The Labute approximate surface area is 95.5 Å². The van der Waals surface area contributed by atoms with Gasteiger partial charge in [0.05, 0.1) is 12.3 Å². The molecule has 1 saturated carbocycles. The molecule has 5 heteroatoms. The second-order valence-corrected chi connectivity index (χ2v) is 4.33. The average molecular weight is 225 g/mol. The van der Waals surface area contributed by atoms with Gasteiger partial charge in [0, 0.05) is 20.6 Å². The minimum Gasteiger partial charge on any atom is -0.472 e. The summed E-state index contributed by atoms with van der Waals surface area (Å²) in [6.45, 7) is 0. The third-order valence-electron chi connectivity index (χ3n) is 3.01. The Morgan fingerprint density at radius 1 is 1.44 bits per heavy atom. The summed E-state index contributed by atoms with van der Waals surface area (Å²) in [5.74, 6) is 0.546. The molecular formula is C11H19N3O2. The number of nitrogens with two attached hydrogens (primary N) is 1. The smallest absolute Gasteiger partial charge is 0.256 e. The molecule has 90 valence electrons. The fraction of sp³-hybridized carbons (Fsp3) is 0.727. The van der Waals surface area contributed by atoms with Crippen LogP contribution in [0.2, 0.25) is 0 Å². The lowest BCUT2D eigenvalue weighted by Crippen LogP contribution is -2.29. The highest BCUT2D eigenvalue weighted by Crippen LogP contribution is 2.27. The molecule has 1 fully saturated rings. The first-order valence-electron chi connectivity index (χ1n) is 5.67. The van der Waals surface area contributed by atoms with Crippen molar-refractivity contribution in [3.8, 4) is 5.88 Å². The summed E-state index contributed by atoms with van der Waals surface area (Å²) in [6.07, 6.45) is 6.47. The predicted octanol–water partition coefficient (Wildman–Crippen LogP) is 1.34. The standard InChI is InChI=1S/C11H19N3O2/c1-14-7-10(12)11(13-14)16-9-5-3-4-8(6-9)15-2/h7-9H,3-6,12H2,1-2H3. The van der Waals surface area contributed by atoms with Gasteiger partial charge in [-0.25, -0.2) is 0 Å². The van der Waals surface area contributed by atoms with Crippen molar-refractivity contribution in [1.82, 2.24) is 9.78 Å². The Hall–Kier alpha value is -1.23. The fourth-order valence-corrected chi connectivity index (χ4v) is 2.16. The van der Waals surface area contributed by atoms with Crippen LogP contribution >= 0.6 is 0 Å². The van der Waals surface area contributed by atoms with Crippen molar-refractivity contribution < 1.29 is 9.47 Å². The SMILES string of the molecule is COC1CCCC(Oc2nn(C)cc2N)C1. The zero-order chi connectivity index (χ0) is 11.5. The molecule has 0 radical (unpaired) electrons. The predicted molar refractivity (Wildman–Crippen MR) is 61.3 cm³/mol. The van der Waals surface area contributed by atoms with Crippen molar-refractivity contribution in [2.24, 2.45) is 7.05 Å². The average Bonchev–Trinajstić information content (AvgIpc) is 2.58. The maximum atomic E-state index is 5.80. The van der Waals surface area contributed by atoms with Gasteiger partial charge in [-0.3, -0.25) is 4.68 Å². The van der Waals surface area contributed by atoms with Crippen molar-refractivity contribution in [2.75, 3.05) is 12.8 Å². The van der Waals surface area contributed by atoms with Crippen molar-refractivity contribution in [1.29, 1.82) is 0 Å². The van der Waals surface area contributed by atoms with E-state index < -0.39 is 0 Å². The van der Waals surface area contributed by atoms with Gasteiger partial charge in [-0.05, 0) is 19.3 Å². The van der Waals surface area contributed by atoms with Gasteiger partial charge in [-0.2, -0.15) is 0 Å². The molecule has 1 aliphatic carbocycles. The van der Waals surface area contributed by atoms with Gasteiger partial charge in [0.2, 0.25) is 0 Å². The van der Waals surface area contributed by atoms with Crippen molar-refractivity contribution >= 4 is 5.69 Å². The number of ether oxygens (including phenoxy) is 2. The Bertz CT molecular complexity index is 351. The molecule has 2 rings (SSSR count). The number of anilines is 1. The van der Waals surface area contributed by atoms with Crippen LogP contribution in [-0.4, -0.2) is 29.1 Å². The number of hydrogen-bond donors (Lipinski definition) is 1. The molecule has 0 aromatic carbocycles. The minimum atomic E-state index is 0.177. The molecule has 0 aliphatic heterocycles. The summed E-state index contributed by atoms with van der Waals surface area (Å²) >= 11 is 0. The van der Waals surface area contributed by atoms with Gasteiger partial charge in [0.1, 0.15) is 11.8 Å². The monoisotopic (exact) mass is 225 g/mol. The van der Waals surface area contributed by atoms with E-state index in [9.17, 15) is 0 Å². The normalized spacial score (nSPS) is 25.6. The molecule has 1 heterocycles. The summed E-state index contributed by atoms with van der Waals surface area (Å²) in [4.78, 5) is 0. The van der Waals surface area contributed by atoms with Crippen molar-refractivity contribution in [3.05, 3.63) is 6.20 Å². The summed E-state index contributed by atoms with van der Waals surface area (Å²) in [5.41, 5.74) is 6.39. The first-order chi connectivity index (χ1) is 7.69. The maximum absolute atomic E-state index is 5.80. The third kappa shape index (κ3) is 2.47. The lowest BCUT2D eigenvalue weighted by atomic mass is 9.95. The lowest BCUT2D eigenvalue weighted by molar-refractivity contribution is 0.0196. The lowest BCUT2D eigenvalue weighted by Gasteiger charge is -2.27. The molecule has 16 heavy (non-hydrogen) atoms. The Balaban J connectivity index is 1.96. The van der Waals surface area contributed by atoms with Crippen LogP contribution in [0.4, 0.5) is 5.69 Å². The summed E-state index contributed by atoms with van der Waals surface area (Å²) in [7, 11) is 3.59. The van der Waals surface area contributed by atoms with E-state index in [1.54, 1.807) is 18.0 Å². The van der Waals surface area contributed by atoms with E-state index in [-0.39, 0.29) is 6.10 Å². The summed E-state index contributed by atoms with van der Waals surface area (Å²) in [5, 5.41) is 4.18. The van der Waals surface area contributed by atoms with E-state index in [1.807, 2.05) is 7.05 Å². The van der Waals surface area contributed by atoms with Crippen molar-refractivity contribution in [2.45, 2.75) is 37.9 Å². The first-order valence-corrected chi connectivity index (χ1v) is 5.67. The second-order valence-electron chi connectivity index (χ2n) is 4.33. The van der Waals surface area contributed by atoms with Gasteiger partial charge in [0.15, 0.2) is 0 Å². The summed E-state index contributed by atoms with van der Waals surface area (Å²) in [6, 6.07) is 0. The highest BCUT2D eigenvalue weighted by Gasteiger charge is 2.24. The second kappa shape index (κ2) is 4.74. The number of methoxy groups -OCH3 is 1. The molecule has 5 nitrogen and oxygen atoms in total. The van der Waals surface area contributed by atoms with E-state index in [2.05, 4.69) is 5.10 Å². The van der Waals surface area contributed by atoms with E-state index in [0.717, 1.165) is 25.7 Å². The minimum absolute atomic E-state index is 0.177. The van der Waals surface area contributed by atoms with E-state index in [1.165, 1.54) is 0 Å². The number of rotatable bonds is 3. The van der Waals surface area contributed by atoms with Crippen LogP contribution in [0.3, 0.4) is 0 Å². The van der Waals surface area contributed by atoms with Gasteiger partial charge in [-0.1, -0.05) is 0 Å². The molecular weight excluding hydrogens is 206 g/mol. The molecule has 0 spiro atoms. The highest BCUT2D eigenvalue weighted by atomic mass is 16.5. The number of aryl methyl sites for hydroxylation is 1. The van der Waals surface area contributed by atoms with Crippen LogP contribution in [0.15, 0.2) is 6.20 Å². The molecule has 0 saturated heterocycles. The Morgan fingerprint density at radius 3 is 2.81 bits per heavy atom. The molecule has 1 aromatic rings. The van der Waals surface area contributed by atoms with Crippen LogP contribution in [0.1, 0.15) is 25.7 Å². The van der Waals surface area contributed by atoms with Gasteiger partial charge < -0.3 is 15.2 Å². The third-order valence-corrected chi connectivity index (χ3v) is 3.01. The molecule has 2 N–H and O–H groups in total. The van der Waals surface area contributed by atoms with Crippen LogP contribution in [-0.2, 0) is 11.8 Å². The van der Waals surface area contributed by atoms with Crippen LogP contribution in [0.25, 0.3) is 0 Å². The van der Waals surface area contributed by atoms with Gasteiger partial charge >= 0.3 is 0 Å². The number of nitrogens with zero attached hydrogens (tertiary/aromatic N) is 2. The quantitative estimate of drug-likeness (QED) is 0.843. The van der Waals surface area contributed by atoms with E-state index in [4.69, 9.17) is 15.2 Å². The summed E-state index contributed by atoms with van der Waals surface area (Å²) < 4.78 is 12.8. The fourth-order valence-electron chi connectivity index (χ4n) is 2.16. The first kappa shape index (κ1) is 11.3. The molecule has 2 unspecified atom stereocenters. The van der Waals surface area contributed by atoms with Crippen LogP contribution in [0, 0.1) is 0 Å². The molecule has 0 bridgehead atoms. The van der Waals surface area contributed by atoms with Gasteiger partial charge in [-0.15, -0.1) is 5.10 Å². The highest BCUT2D eigenvalue weighted by molar-refractivity contribution is 5.45. The van der Waals surface area contributed by atoms with Crippen molar-refractivity contribution in [3.63, 3.8) is 0 Å². The maximum Gasteiger partial charge on any atom is 0.256 e. The Morgan fingerprint density at radius 2 is 2.19 bits per heavy atom. The topological polar surface area (TPSA) is 62.3 Å². The molecule has 2 atom stereocenters. The largest absolute Gasteiger partial charge is 0.472 e. The van der Waals surface area contributed by atoms with Gasteiger partial charge in [0.25, 0.3) is 5.88 Å². The van der Waals surface area contributed by atoms with Crippen LogP contribution in [0.5, 0.6) is 5.88 Å². The molecule has 1 aliphatic rings. The molecule has 0 amide bonds.